The number of hydrogen-bond donors (Lipinski definition) is 2. The fourth-order valence-electron chi connectivity index (χ4n) is 4.52. The summed E-state index contributed by atoms with van der Waals surface area (Å²) in [6.45, 7) is 2.11. The summed E-state index contributed by atoms with van der Waals surface area (Å²) in [5, 5.41) is 6.35. The summed E-state index contributed by atoms with van der Waals surface area (Å²) in [6, 6.07) is -0.0747. The lowest BCUT2D eigenvalue weighted by Gasteiger charge is -2.44. The predicted molar refractivity (Wildman–Crippen MR) is 107 cm³/mol. The van der Waals surface area contributed by atoms with Crippen LogP contribution in [0.25, 0.3) is 0 Å². The Labute approximate surface area is 174 Å². The second kappa shape index (κ2) is 7.95. The van der Waals surface area contributed by atoms with Crippen molar-refractivity contribution in [1.29, 1.82) is 0 Å². The van der Waals surface area contributed by atoms with E-state index in [2.05, 4.69) is 20.6 Å². The average Bonchev–Trinajstić information content (AvgIpc) is 2.70. The first-order chi connectivity index (χ1) is 13.9. The standard InChI is InChI=1S/C19H26ClN5O4/c1-9(22-18-21-7-11-8-29-19(27)25(2)16(11)24-18)12-4-10-5-13(20)15(28-3)6-14(10)23-17(12)26/h7,9-10,12-15H,4-6,8H2,1-3H3,(H,23,26)(H,21,22,24)/t9-,10?,12?,13?,14?,15?/m0/s1. The number of cyclic esters (lactones) is 1. The summed E-state index contributed by atoms with van der Waals surface area (Å²) in [4.78, 5) is 34.6. The molecule has 3 heterocycles. The van der Waals surface area contributed by atoms with Gasteiger partial charge in [0.25, 0.3) is 0 Å². The number of ether oxygens (including phenoxy) is 2. The van der Waals surface area contributed by atoms with E-state index in [0.717, 1.165) is 24.8 Å². The molecular formula is C19H26ClN5O4. The van der Waals surface area contributed by atoms with Crippen LogP contribution >= 0.6 is 11.6 Å². The number of aromatic nitrogens is 2. The summed E-state index contributed by atoms with van der Waals surface area (Å²) in [7, 11) is 3.27. The number of carbonyl (C=O) groups is 2. The number of rotatable bonds is 4. The normalized spacial score (nSPS) is 32.6. The summed E-state index contributed by atoms with van der Waals surface area (Å²) in [5.74, 6) is 1.02. The molecule has 2 N–H and O–H groups in total. The summed E-state index contributed by atoms with van der Waals surface area (Å²) < 4.78 is 10.5. The third kappa shape index (κ3) is 3.85. The second-order valence-corrected chi connectivity index (χ2v) is 8.63. The topological polar surface area (TPSA) is 106 Å². The van der Waals surface area contributed by atoms with Crippen molar-refractivity contribution in [1.82, 2.24) is 15.3 Å². The van der Waals surface area contributed by atoms with Crippen molar-refractivity contribution in [3.05, 3.63) is 11.8 Å². The molecule has 3 aliphatic rings. The average molecular weight is 424 g/mol. The van der Waals surface area contributed by atoms with Gasteiger partial charge in [-0.1, -0.05) is 0 Å². The Morgan fingerprint density at radius 2 is 2.17 bits per heavy atom. The number of methoxy groups -OCH3 is 1. The minimum atomic E-state index is -0.449. The number of anilines is 2. The first kappa shape index (κ1) is 20.2. The molecule has 4 rings (SSSR count). The van der Waals surface area contributed by atoms with E-state index in [0.29, 0.717) is 17.7 Å². The molecule has 10 heteroatoms. The molecule has 2 aliphatic heterocycles. The maximum atomic E-state index is 12.7. The molecule has 158 valence electrons. The Kier molecular flexibility index (Phi) is 5.52. The van der Waals surface area contributed by atoms with Gasteiger partial charge >= 0.3 is 6.09 Å². The minimum absolute atomic E-state index is 0.0211. The van der Waals surface area contributed by atoms with E-state index in [-0.39, 0.29) is 42.0 Å². The Bertz CT molecular complexity index is 809. The van der Waals surface area contributed by atoms with E-state index in [1.807, 2.05) is 6.92 Å². The van der Waals surface area contributed by atoms with Crippen molar-refractivity contribution in [3.63, 3.8) is 0 Å². The lowest BCUT2D eigenvalue weighted by atomic mass is 9.73. The van der Waals surface area contributed by atoms with Crippen LogP contribution < -0.4 is 15.5 Å². The Morgan fingerprint density at radius 3 is 2.93 bits per heavy atom. The first-order valence-corrected chi connectivity index (χ1v) is 10.3. The molecule has 1 aromatic rings. The molecule has 0 aromatic carbocycles. The van der Waals surface area contributed by atoms with Gasteiger partial charge in [-0.3, -0.25) is 9.69 Å². The molecule has 0 spiro atoms. The summed E-state index contributed by atoms with van der Waals surface area (Å²) in [5.41, 5.74) is 0.742. The van der Waals surface area contributed by atoms with Crippen LogP contribution in [0.5, 0.6) is 0 Å². The zero-order valence-electron chi connectivity index (χ0n) is 16.7. The molecule has 0 radical (unpaired) electrons. The first-order valence-electron chi connectivity index (χ1n) is 9.87. The molecule has 29 heavy (non-hydrogen) atoms. The van der Waals surface area contributed by atoms with Crippen molar-refractivity contribution >= 4 is 35.4 Å². The van der Waals surface area contributed by atoms with E-state index in [4.69, 9.17) is 21.1 Å². The number of nitrogens with zero attached hydrogens (tertiary/aromatic N) is 3. The highest BCUT2D eigenvalue weighted by atomic mass is 35.5. The second-order valence-electron chi connectivity index (χ2n) is 8.07. The van der Waals surface area contributed by atoms with Crippen molar-refractivity contribution in [2.45, 2.75) is 56.4 Å². The highest BCUT2D eigenvalue weighted by Crippen LogP contribution is 2.38. The van der Waals surface area contributed by atoms with Gasteiger partial charge in [0, 0.05) is 32.4 Å². The van der Waals surface area contributed by atoms with E-state index < -0.39 is 6.09 Å². The lowest BCUT2D eigenvalue weighted by Crippen LogP contribution is -2.57. The smallest absolute Gasteiger partial charge is 0.415 e. The maximum absolute atomic E-state index is 12.7. The molecule has 6 atom stereocenters. The van der Waals surface area contributed by atoms with E-state index in [9.17, 15) is 9.59 Å². The van der Waals surface area contributed by atoms with Crippen LogP contribution in [-0.2, 0) is 20.9 Å². The molecule has 0 bridgehead atoms. The molecule has 1 aromatic heterocycles. The van der Waals surface area contributed by atoms with Crippen LogP contribution in [0.4, 0.5) is 16.6 Å². The largest absolute Gasteiger partial charge is 0.444 e. The van der Waals surface area contributed by atoms with Crippen LogP contribution in [0.1, 0.15) is 31.7 Å². The molecule has 1 saturated carbocycles. The van der Waals surface area contributed by atoms with Crippen molar-refractivity contribution in [3.8, 4) is 0 Å². The molecule has 1 aliphatic carbocycles. The number of piperidine rings is 1. The van der Waals surface area contributed by atoms with Gasteiger partial charge < -0.3 is 20.1 Å². The lowest BCUT2D eigenvalue weighted by molar-refractivity contribution is -0.131. The van der Waals surface area contributed by atoms with Gasteiger partial charge in [0.15, 0.2) is 0 Å². The monoisotopic (exact) mass is 423 g/mol. The number of carbonyl (C=O) groups excluding carboxylic acids is 2. The number of fused-ring (bicyclic) bond motifs is 2. The number of alkyl halides is 1. The summed E-state index contributed by atoms with van der Waals surface area (Å²) >= 11 is 6.47. The van der Waals surface area contributed by atoms with Crippen molar-refractivity contribution in [2.75, 3.05) is 24.4 Å². The maximum Gasteiger partial charge on any atom is 0.415 e. The van der Waals surface area contributed by atoms with Gasteiger partial charge in [-0.15, -0.1) is 11.6 Å². The van der Waals surface area contributed by atoms with Crippen LogP contribution in [0.2, 0.25) is 0 Å². The van der Waals surface area contributed by atoms with Crippen LogP contribution in [0.3, 0.4) is 0 Å². The van der Waals surface area contributed by atoms with Gasteiger partial charge in [0.05, 0.1) is 23.0 Å². The van der Waals surface area contributed by atoms with E-state index in [1.165, 1.54) is 4.90 Å². The van der Waals surface area contributed by atoms with Gasteiger partial charge in [-0.05, 0) is 32.1 Å². The van der Waals surface area contributed by atoms with Gasteiger partial charge in [0.2, 0.25) is 11.9 Å². The highest BCUT2D eigenvalue weighted by molar-refractivity contribution is 6.21. The summed E-state index contributed by atoms with van der Waals surface area (Å²) in [6.07, 6.45) is 3.47. The van der Waals surface area contributed by atoms with Gasteiger partial charge in [-0.2, -0.15) is 4.98 Å². The molecule has 1 saturated heterocycles. The number of amides is 2. The Hall–Kier alpha value is -2.13. The SMILES string of the molecule is COC1CC2NC(=O)C([C@H](C)Nc3ncc4c(n3)N(C)C(=O)OC4)CC2CC1Cl. The molecule has 5 unspecified atom stereocenters. The van der Waals surface area contributed by atoms with Gasteiger partial charge in [-0.25, -0.2) is 9.78 Å². The van der Waals surface area contributed by atoms with E-state index >= 15 is 0 Å². The Balaban J connectivity index is 1.45. The van der Waals surface area contributed by atoms with Crippen LogP contribution in [0.15, 0.2) is 6.20 Å². The number of halogens is 1. The fourth-order valence-corrected chi connectivity index (χ4v) is 4.95. The molecule has 2 amide bonds. The number of nitrogens with one attached hydrogen (secondary N) is 2. The fraction of sp³-hybridized carbons (Fsp3) is 0.684. The van der Waals surface area contributed by atoms with Gasteiger partial charge in [0.1, 0.15) is 12.4 Å². The minimum Gasteiger partial charge on any atom is -0.444 e. The van der Waals surface area contributed by atoms with Crippen molar-refractivity contribution < 1.29 is 19.1 Å². The molecule has 2 fully saturated rings. The van der Waals surface area contributed by atoms with Crippen molar-refractivity contribution in [2.24, 2.45) is 11.8 Å². The third-order valence-electron chi connectivity index (χ3n) is 6.26. The highest BCUT2D eigenvalue weighted by Gasteiger charge is 2.44. The molecular weight excluding hydrogens is 398 g/mol. The Morgan fingerprint density at radius 1 is 1.38 bits per heavy atom. The number of hydrogen-bond acceptors (Lipinski definition) is 7. The zero-order valence-corrected chi connectivity index (χ0v) is 17.5. The zero-order chi connectivity index (χ0) is 20.7. The predicted octanol–water partition coefficient (Wildman–Crippen LogP) is 1.90. The van der Waals surface area contributed by atoms with E-state index in [1.54, 1.807) is 20.4 Å². The quantitative estimate of drug-likeness (QED) is 0.712. The molecule has 9 nitrogen and oxygen atoms in total. The van der Waals surface area contributed by atoms with Crippen LogP contribution in [0, 0.1) is 11.8 Å². The van der Waals surface area contributed by atoms with Crippen LogP contribution in [-0.4, -0.2) is 59.7 Å². The third-order valence-corrected chi connectivity index (χ3v) is 6.71.